The third-order valence-electron chi connectivity index (χ3n) is 3.82. The van der Waals surface area contributed by atoms with Crippen molar-refractivity contribution in [2.24, 2.45) is 0 Å². The molecule has 0 saturated heterocycles. The van der Waals surface area contributed by atoms with E-state index in [-0.39, 0.29) is 5.91 Å². The van der Waals surface area contributed by atoms with Crippen LogP contribution in [0.25, 0.3) is 0 Å². The summed E-state index contributed by atoms with van der Waals surface area (Å²) in [5, 5.41) is 2.62. The number of methoxy groups -OCH3 is 1. The van der Waals surface area contributed by atoms with Crippen molar-refractivity contribution in [2.75, 3.05) is 13.7 Å². The van der Waals surface area contributed by atoms with Crippen LogP contribution in [0.15, 0.2) is 35.7 Å². The van der Waals surface area contributed by atoms with Gasteiger partial charge in [-0.15, -0.1) is 11.3 Å². The highest BCUT2D eigenvalue weighted by molar-refractivity contribution is 7.09. The lowest BCUT2D eigenvalue weighted by Gasteiger charge is -2.23. The van der Waals surface area contributed by atoms with Gasteiger partial charge in [0.2, 0.25) is 0 Å². The predicted molar refractivity (Wildman–Crippen MR) is 90.1 cm³/mol. The molecular formula is C17H18ClNO2S. The fourth-order valence-electron chi connectivity index (χ4n) is 2.52. The highest BCUT2D eigenvalue weighted by Gasteiger charge is 2.33. The van der Waals surface area contributed by atoms with Crippen LogP contribution in [0, 0.1) is 0 Å². The van der Waals surface area contributed by atoms with E-state index in [0.29, 0.717) is 22.4 Å². The van der Waals surface area contributed by atoms with Crippen LogP contribution in [0.4, 0.5) is 0 Å². The Balaban J connectivity index is 1.79. The molecule has 1 saturated carbocycles. The molecule has 5 heteroatoms. The molecule has 116 valence electrons. The van der Waals surface area contributed by atoms with Crippen LogP contribution in [-0.4, -0.2) is 30.5 Å². The molecule has 1 aliphatic carbocycles. The maximum atomic E-state index is 12.9. The number of amides is 1. The second-order valence-corrected chi connectivity index (χ2v) is 6.87. The third-order valence-corrected chi connectivity index (χ3v) is 4.99. The second kappa shape index (κ2) is 6.71. The average Bonchev–Trinajstić information content (AvgIpc) is 3.22. The number of halogens is 1. The molecule has 1 amide bonds. The fraction of sp³-hybridized carbons (Fsp3) is 0.353. The second-order valence-electron chi connectivity index (χ2n) is 5.40. The molecule has 0 spiro atoms. The zero-order valence-electron chi connectivity index (χ0n) is 12.4. The number of hydrogen-bond acceptors (Lipinski definition) is 3. The SMILES string of the molecule is COc1ccc(Cl)cc1C(=O)N(CCc1cccs1)C1CC1. The summed E-state index contributed by atoms with van der Waals surface area (Å²) in [6, 6.07) is 9.70. The molecule has 1 aromatic carbocycles. The van der Waals surface area contributed by atoms with E-state index in [1.54, 1.807) is 36.6 Å². The highest BCUT2D eigenvalue weighted by Crippen LogP contribution is 2.31. The van der Waals surface area contributed by atoms with Gasteiger partial charge in [0.1, 0.15) is 5.75 Å². The summed E-state index contributed by atoms with van der Waals surface area (Å²) in [6.45, 7) is 0.736. The monoisotopic (exact) mass is 335 g/mol. The Morgan fingerprint density at radius 3 is 2.86 bits per heavy atom. The molecule has 0 N–H and O–H groups in total. The van der Waals surface area contributed by atoms with E-state index in [2.05, 4.69) is 11.4 Å². The standard InChI is InChI=1S/C17H18ClNO2S/c1-21-16-7-4-12(18)11-15(16)17(20)19(13-5-6-13)9-8-14-3-2-10-22-14/h2-4,7,10-11,13H,5-6,8-9H2,1H3. The number of carbonyl (C=O) groups excluding carboxylic acids is 1. The van der Waals surface area contributed by atoms with Crippen molar-refractivity contribution in [3.63, 3.8) is 0 Å². The van der Waals surface area contributed by atoms with E-state index in [9.17, 15) is 4.79 Å². The molecule has 0 radical (unpaired) electrons. The first-order valence-corrected chi connectivity index (χ1v) is 8.61. The van der Waals surface area contributed by atoms with Crippen LogP contribution in [0.1, 0.15) is 28.1 Å². The van der Waals surface area contributed by atoms with Gasteiger partial charge in [0, 0.05) is 22.5 Å². The lowest BCUT2D eigenvalue weighted by molar-refractivity contribution is 0.0742. The van der Waals surface area contributed by atoms with E-state index in [4.69, 9.17) is 16.3 Å². The molecule has 0 aliphatic heterocycles. The fourth-order valence-corrected chi connectivity index (χ4v) is 3.39. The Morgan fingerprint density at radius 1 is 1.41 bits per heavy atom. The molecule has 1 heterocycles. The number of nitrogens with zero attached hydrogens (tertiary/aromatic N) is 1. The number of hydrogen-bond donors (Lipinski definition) is 0. The van der Waals surface area contributed by atoms with E-state index in [1.807, 2.05) is 11.0 Å². The number of thiophene rings is 1. The van der Waals surface area contributed by atoms with Crippen LogP contribution in [-0.2, 0) is 6.42 Å². The summed E-state index contributed by atoms with van der Waals surface area (Å²) in [5.74, 6) is 0.592. The van der Waals surface area contributed by atoms with Crippen molar-refractivity contribution in [3.8, 4) is 5.75 Å². The molecule has 1 fully saturated rings. The Labute approximate surface area is 139 Å². The Morgan fingerprint density at radius 2 is 2.23 bits per heavy atom. The molecular weight excluding hydrogens is 318 g/mol. The van der Waals surface area contributed by atoms with Crippen LogP contribution >= 0.6 is 22.9 Å². The van der Waals surface area contributed by atoms with Gasteiger partial charge < -0.3 is 9.64 Å². The summed E-state index contributed by atoms with van der Waals surface area (Å²) in [5.41, 5.74) is 0.549. The van der Waals surface area contributed by atoms with Crippen molar-refractivity contribution in [1.82, 2.24) is 4.90 Å². The minimum absolute atomic E-state index is 0.0124. The summed E-state index contributed by atoms with van der Waals surface area (Å²) in [6.07, 6.45) is 3.06. The molecule has 0 unspecified atom stereocenters. The highest BCUT2D eigenvalue weighted by atomic mass is 35.5. The number of ether oxygens (including phenoxy) is 1. The van der Waals surface area contributed by atoms with Gasteiger partial charge in [-0.3, -0.25) is 4.79 Å². The smallest absolute Gasteiger partial charge is 0.257 e. The van der Waals surface area contributed by atoms with Gasteiger partial charge in [-0.05, 0) is 48.9 Å². The summed E-state index contributed by atoms with van der Waals surface area (Å²) < 4.78 is 5.32. The van der Waals surface area contributed by atoms with Crippen LogP contribution < -0.4 is 4.74 Å². The van der Waals surface area contributed by atoms with Crippen molar-refractivity contribution in [2.45, 2.75) is 25.3 Å². The van der Waals surface area contributed by atoms with Crippen molar-refractivity contribution >= 4 is 28.8 Å². The average molecular weight is 336 g/mol. The van der Waals surface area contributed by atoms with Gasteiger partial charge in [0.05, 0.1) is 12.7 Å². The molecule has 1 aliphatic rings. The van der Waals surface area contributed by atoms with Gasteiger partial charge in [-0.1, -0.05) is 17.7 Å². The minimum atomic E-state index is 0.0124. The molecule has 2 aromatic rings. The number of rotatable bonds is 6. The minimum Gasteiger partial charge on any atom is -0.496 e. The van der Waals surface area contributed by atoms with E-state index < -0.39 is 0 Å². The normalized spacial score (nSPS) is 13.9. The lowest BCUT2D eigenvalue weighted by Crippen LogP contribution is -2.35. The van der Waals surface area contributed by atoms with E-state index in [0.717, 1.165) is 25.8 Å². The molecule has 1 aromatic heterocycles. The van der Waals surface area contributed by atoms with Gasteiger partial charge in [-0.25, -0.2) is 0 Å². The van der Waals surface area contributed by atoms with Crippen molar-refractivity contribution in [3.05, 3.63) is 51.2 Å². The lowest BCUT2D eigenvalue weighted by atomic mass is 10.1. The Kier molecular flexibility index (Phi) is 4.69. The first kappa shape index (κ1) is 15.4. The van der Waals surface area contributed by atoms with E-state index in [1.165, 1.54) is 4.88 Å². The largest absolute Gasteiger partial charge is 0.496 e. The first-order chi connectivity index (χ1) is 10.7. The maximum Gasteiger partial charge on any atom is 0.257 e. The summed E-state index contributed by atoms with van der Waals surface area (Å²) in [4.78, 5) is 16.2. The molecule has 3 nitrogen and oxygen atoms in total. The van der Waals surface area contributed by atoms with Crippen LogP contribution in [0.3, 0.4) is 0 Å². The molecule has 0 atom stereocenters. The first-order valence-electron chi connectivity index (χ1n) is 7.36. The van der Waals surface area contributed by atoms with Crippen LogP contribution in [0.5, 0.6) is 5.75 Å². The van der Waals surface area contributed by atoms with Crippen LogP contribution in [0.2, 0.25) is 5.02 Å². The third kappa shape index (κ3) is 3.45. The number of benzene rings is 1. The van der Waals surface area contributed by atoms with Gasteiger partial charge >= 0.3 is 0 Å². The van der Waals surface area contributed by atoms with E-state index >= 15 is 0 Å². The number of carbonyl (C=O) groups is 1. The Bertz CT molecular complexity index is 653. The summed E-state index contributed by atoms with van der Waals surface area (Å²) >= 11 is 7.78. The van der Waals surface area contributed by atoms with Gasteiger partial charge in [0.15, 0.2) is 0 Å². The van der Waals surface area contributed by atoms with Gasteiger partial charge in [-0.2, -0.15) is 0 Å². The Hall–Kier alpha value is -1.52. The topological polar surface area (TPSA) is 29.5 Å². The maximum absolute atomic E-state index is 12.9. The molecule has 22 heavy (non-hydrogen) atoms. The van der Waals surface area contributed by atoms with Crippen molar-refractivity contribution < 1.29 is 9.53 Å². The zero-order chi connectivity index (χ0) is 15.5. The molecule has 0 bridgehead atoms. The quantitative estimate of drug-likeness (QED) is 0.789. The summed E-state index contributed by atoms with van der Waals surface area (Å²) in [7, 11) is 1.58. The van der Waals surface area contributed by atoms with Crippen molar-refractivity contribution in [1.29, 1.82) is 0 Å². The zero-order valence-corrected chi connectivity index (χ0v) is 14.0. The molecule has 3 rings (SSSR count). The predicted octanol–water partition coefficient (Wildman–Crippen LogP) is 4.26. The van der Waals surface area contributed by atoms with Gasteiger partial charge in [0.25, 0.3) is 5.91 Å².